The molecule has 5 rings (SSSR count). The Morgan fingerprint density at radius 2 is 1.69 bits per heavy atom. The number of aromatic nitrogens is 1. The smallest absolute Gasteiger partial charge is 0.430 e. The number of para-hydroxylation sites is 1. The molecule has 3 aromatic rings. The predicted octanol–water partition coefficient (Wildman–Crippen LogP) is 4.10. The third-order valence-corrected chi connectivity index (χ3v) is 11.7. The Morgan fingerprint density at radius 1 is 1.06 bits per heavy atom. The maximum Gasteiger partial charge on any atom is 0.430 e. The normalized spacial score (nSPS) is 16.8. The number of amides is 1. The molecule has 0 radical (unpaired) electrons. The molecular formula is C36H46Cl2F3N5O7S. The maximum absolute atomic E-state index is 14.1. The first kappa shape index (κ1) is 43.5. The third-order valence-electron chi connectivity index (χ3n) is 9.23. The zero-order valence-electron chi connectivity index (χ0n) is 30.9. The zero-order chi connectivity index (χ0) is 40.1. The van der Waals surface area contributed by atoms with E-state index in [0.29, 0.717) is 29.9 Å². The van der Waals surface area contributed by atoms with E-state index in [0.717, 1.165) is 53.7 Å². The number of halogens is 5. The van der Waals surface area contributed by atoms with E-state index in [1.807, 2.05) is 38.1 Å². The van der Waals surface area contributed by atoms with Crippen LogP contribution in [-0.4, -0.2) is 125 Å². The van der Waals surface area contributed by atoms with Gasteiger partial charge in [-0.25, -0.2) is 13.4 Å². The molecule has 0 aliphatic carbocycles. The first-order valence-electron chi connectivity index (χ1n) is 17.3. The van der Waals surface area contributed by atoms with Crippen molar-refractivity contribution >= 4 is 56.0 Å². The Labute approximate surface area is 323 Å². The second kappa shape index (κ2) is 17.7. The van der Waals surface area contributed by atoms with E-state index in [1.54, 1.807) is 4.90 Å². The molecular weight excluding hydrogens is 774 g/mol. The SMILES string of the molecule is Cc1cc(C)c2cccc(OCc3c(Cl)ccc(S(=O)(=O)NC4(C(=O)N5CCN(CCC[N+](C)(C)C)CC5)CCOCC4)c3Cl)c2n1.O=C([O-])C(F)(F)F. The van der Waals surface area contributed by atoms with Crippen LogP contribution in [0.3, 0.4) is 0 Å². The first-order valence-corrected chi connectivity index (χ1v) is 19.6. The third kappa shape index (κ3) is 11.2. The number of hydrogen-bond acceptors (Lipinski definition) is 9. The highest BCUT2D eigenvalue weighted by molar-refractivity contribution is 7.89. The lowest BCUT2D eigenvalue weighted by molar-refractivity contribution is -0.870. The van der Waals surface area contributed by atoms with E-state index in [9.17, 15) is 26.4 Å². The summed E-state index contributed by atoms with van der Waals surface area (Å²) in [5, 5.41) is 9.96. The number of benzene rings is 2. The summed E-state index contributed by atoms with van der Waals surface area (Å²) in [6.45, 7) is 9.02. The Morgan fingerprint density at radius 3 is 2.28 bits per heavy atom. The van der Waals surface area contributed by atoms with E-state index < -0.39 is 27.7 Å². The Kier molecular flexibility index (Phi) is 14.2. The van der Waals surface area contributed by atoms with Crippen LogP contribution in [0.1, 0.15) is 36.1 Å². The molecule has 0 bridgehead atoms. The minimum Gasteiger partial charge on any atom is -0.542 e. The molecule has 54 heavy (non-hydrogen) atoms. The van der Waals surface area contributed by atoms with Crippen LogP contribution in [0.5, 0.6) is 5.75 Å². The maximum atomic E-state index is 14.1. The van der Waals surface area contributed by atoms with Crippen molar-refractivity contribution in [3.05, 3.63) is 63.3 Å². The number of carboxylic acids is 1. The van der Waals surface area contributed by atoms with Gasteiger partial charge in [-0.3, -0.25) is 9.69 Å². The summed E-state index contributed by atoms with van der Waals surface area (Å²) in [5.74, 6) is -2.70. The van der Waals surface area contributed by atoms with Crippen LogP contribution in [0.4, 0.5) is 13.2 Å². The number of piperazine rings is 1. The Bertz CT molecular complexity index is 1930. The second-order valence-electron chi connectivity index (χ2n) is 14.4. The first-order chi connectivity index (χ1) is 25.1. The number of aliphatic carboxylic acids is 1. The van der Waals surface area contributed by atoms with Gasteiger partial charge in [-0.1, -0.05) is 35.3 Å². The minimum atomic E-state index is -5.19. The lowest BCUT2D eigenvalue weighted by atomic mass is 9.89. The Balaban J connectivity index is 0.000000845. The second-order valence-corrected chi connectivity index (χ2v) is 16.9. The average molecular weight is 821 g/mol. The van der Waals surface area contributed by atoms with Crippen molar-refractivity contribution in [3.63, 3.8) is 0 Å². The van der Waals surface area contributed by atoms with Crippen LogP contribution >= 0.6 is 23.2 Å². The largest absolute Gasteiger partial charge is 0.542 e. The lowest BCUT2D eigenvalue weighted by Crippen LogP contribution is -2.64. The van der Waals surface area contributed by atoms with Gasteiger partial charge in [-0.15, -0.1) is 0 Å². The quantitative estimate of drug-likeness (QED) is 0.283. The molecule has 2 fully saturated rings. The predicted molar refractivity (Wildman–Crippen MR) is 197 cm³/mol. The van der Waals surface area contributed by atoms with Crippen LogP contribution in [0, 0.1) is 13.8 Å². The molecule has 3 heterocycles. The van der Waals surface area contributed by atoms with Gasteiger partial charge in [0, 0.05) is 74.0 Å². The molecule has 2 saturated heterocycles. The van der Waals surface area contributed by atoms with Gasteiger partial charge in [0.1, 0.15) is 34.3 Å². The van der Waals surface area contributed by atoms with Crippen molar-refractivity contribution in [3.8, 4) is 5.75 Å². The molecule has 1 amide bonds. The van der Waals surface area contributed by atoms with Crippen molar-refractivity contribution in [1.29, 1.82) is 0 Å². The van der Waals surface area contributed by atoms with E-state index in [-0.39, 0.29) is 53.5 Å². The van der Waals surface area contributed by atoms with Crippen LogP contribution in [-0.2, 0) is 31.0 Å². The number of aryl methyl sites for hydroxylation is 2. The summed E-state index contributed by atoms with van der Waals surface area (Å²) < 4.78 is 75.1. The summed E-state index contributed by atoms with van der Waals surface area (Å²) >= 11 is 13.3. The van der Waals surface area contributed by atoms with E-state index in [2.05, 4.69) is 35.7 Å². The van der Waals surface area contributed by atoms with E-state index in [4.69, 9.17) is 42.6 Å². The number of hydrogen-bond donors (Lipinski definition) is 1. The highest BCUT2D eigenvalue weighted by Gasteiger charge is 2.46. The van der Waals surface area contributed by atoms with Crippen molar-refractivity contribution < 1.29 is 50.2 Å². The number of alkyl halides is 3. The molecule has 1 N–H and O–H groups in total. The minimum absolute atomic E-state index is 0.0530. The van der Waals surface area contributed by atoms with Gasteiger partial charge in [0.05, 0.1) is 32.7 Å². The Hall–Kier alpha value is -3.25. The lowest BCUT2D eigenvalue weighted by Gasteiger charge is -2.43. The molecule has 18 heteroatoms. The van der Waals surface area contributed by atoms with Crippen molar-refractivity contribution in [2.24, 2.45) is 0 Å². The van der Waals surface area contributed by atoms with Gasteiger partial charge >= 0.3 is 6.18 Å². The highest BCUT2D eigenvalue weighted by atomic mass is 35.5. The van der Waals surface area contributed by atoms with Gasteiger partial charge in [0.2, 0.25) is 15.9 Å². The molecule has 0 saturated carbocycles. The van der Waals surface area contributed by atoms with Crippen LogP contribution in [0.15, 0.2) is 41.3 Å². The monoisotopic (exact) mass is 819 g/mol. The van der Waals surface area contributed by atoms with Gasteiger partial charge in [0.15, 0.2) is 0 Å². The van der Waals surface area contributed by atoms with Gasteiger partial charge < -0.3 is 28.8 Å². The molecule has 12 nitrogen and oxygen atoms in total. The number of quaternary nitrogens is 1. The number of nitrogens with zero attached hydrogens (tertiary/aromatic N) is 4. The molecule has 0 unspecified atom stereocenters. The van der Waals surface area contributed by atoms with Gasteiger partial charge in [-0.05, 0) is 56.5 Å². The number of ether oxygens (including phenoxy) is 2. The molecule has 0 spiro atoms. The number of pyridine rings is 1. The standard InChI is InChI=1S/C34H46Cl2N5O5S.C2HF3O2/c1-24-22-25(2)37-32-26(24)8-6-9-29(32)46-23-27-28(35)10-11-30(31(27)36)47(43,44)38-34(12-20-45-21-13-34)33(42)40-17-15-39(16-18-40)14-7-19-41(3,4)5;3-2(4,5)1(6)7/h6,8-11,22,38H,7,12-21,23H2,1-5H3;(H,6,7)/q+1;/p-1. The molecule has 0 atom stereocenters. The van der Waals surface area contributed by atoms with E-state index >= 15 is 0 Å². The van der Waals surface area contributed by atoms with Crippen LogP contribution < -0.4 is 14.6 Å². The fourth-order valence-corrected chi connectivity index (χ4v) is 8.68. The summed E-state index contributed by atoms with van der Waals surface area (Å²) in [7, 11) is 2.29. The average Bonchev–Trinajstić information content (AvgIpc) is 3.07. The fraction of sp³-hybridized carbons (Fsp3) is 0.528. The van der Waals surface area contributed by atoms with Crippen molar-refractivity contribution in [2.45, 2.75) is 56.3 Å². The topological polar surface area (TPSA) is 141 Å². The summed E-state index contributed by atoms with van der Waals surface area (Å²) in [6, 6.07) is 10.5. The number of sulfonamides is 1. The number of fused-ring (bicyclic) bond motifs is 1. The summed E-state index contributed by atoms with van der Waals surface area (Å²) in [6.07, 6.45) is -3.67. The molecule has 298 valence electrons. The zero-order valence-corrected chi connectivity index (χ0v) is 33.2. The molecule has 1 aromatic heterocycles. The van der Waals surface area contributed by atoms with Gasteiger partial charge in [-0.2, -0.15) is 17.9 Å². The summed E-state index contributed by atoms with van der Waals surface area (Å²) in [4.78, 5) is 31.5. The molecule has 2 aromatic carbocycles. The van der Waals surface area contributed by atoms with E-state index in [1.165, 1.54) is 12.1 Å². The van der Waals surface area contributed by atoms with Crippen molar-refractivity contribution in [2.75, 3.05) is 73.6 Å². The number of nitrogens with one attached hydrogen (secondary N) is 1. The van der Waals surface area contributed by atoms with Crippen LogP contribution in [0.2, 0.25) is 10.0 Å². The molecule has 2 aliphatic rings. The number of carbonyl (C=O) groups is 2. The summed E-state index contributed by atoms with van der Waals surface area (Å²) in [5.41, 5.74) is 1.61. The number of carboxylic acid groups (broad SMARTS) is 1. The number of carbonyl (C=O) groups excluding carboxylic acids is 2. The van der Waals surface area contributed by atoms with Gasteiger partial charge in [0.25, 0.3) is 0 Å². The highest BCUT2D eigenvalue weighted by Crippen LogP contribution is 2.35. The number of rotatable bonds is 11. The molecule has 2 aliphatic heterocycles. The van der Waals surface area contributed by atoms with Crippen molar-refractivity contribution in [1.82, 2.24) is 19.5 Å². The fourth-order valence-electron chi connectivity index (χ4n) is 6.38. The van der Waals surface area contributed by atoms with Crippen LogP contribution in [0.25, 0.3) is 10.9 Å².